The van der Waals surface area contributed by atoms with E-state index in [-0.39, 0.29) is 28.7 Å². The molecule has 14 heteroatoms. The minimum Gasteiger partial charge on any atom is -0.389 e. The van der Waals surface area contributed by atoms with Crippen LogP contribution in [0.1, 0.15) is 65.0 Å². The van der Waals surface area contributed by atoms with Crippen LogP contribution in [-0.4, -0.2) is 80.4 Å². The molecule has 0 aliphatic carbocycles. The number of pyridine rings is 1. The van der Waals surface area contributed by atoms with E-state index in [0.717, 1.165) is 19.2 Å². The summed E-state index contributed by atoms with van der Waals surface area (Å²) in [6.45, 7) is 7.16. The van der Waals surface area contributed by atoms with Crippen molar-refractivity contribution in [1.82, 2.24) is 15.2 Å². The minimum atomic E-state index is -4.64. The average Bonchev–Trinajstić information content (AvgIpc) is 3.24. The number of aromatic nitrogens is 1. The van der Waals surface area contributed by atoms with Crippen LogP contribution in [0, 0.1) is 0 Å². The number of aliphatic hydroxyl groups is 1. The standard InChI is InChI=1S/C24H32F5N5O3S/c1-12-7-6-8-34(12)22(36)18(32-13(2)21(35)31-11-23(4,5)37)19(38)16-10-30-17(9-15(16)20(25)26)33-14(3)24(27,28)29/h9-10,12,14,18,20,37H,6-8,11H2,1-5H3,(H,30,33)(H,31,35)/b32-13+/t12-,14-,18?/m0/s1. The molecule has 1 unspecified atom stereocenters. The first-order valence-electron chi connectivity index (χ1n) is 11.9. The number of halogens is 5. The number of thiocarbonyl (C=S) groups is 1. The Morgan fingerprint density at radius 3 is 2.45 bits per heavy atom. The summed E-state index contributed by atoms with van der Waals surface area (Å²) < 4.78 is 66.8. The molecule has 0 saturated carbocycles. The van der Waals surface area contributed by atoms with Crippen LogP contribution in [0.15, 0.2) is 17.3 Å². The lowest BCUT2D eigenvalue weighted by atomic mass is 10.0. The Morgan fingerprint density at radius 1 is 1.32 bits per heavy atom. The van der Waals surface area contributed by atoms with Crippen molar-refractivity contribution in [1.29, 1.82) is 0 Å². The van der Waals surface area contributed by atoms with Crippen molar-refractivity contribution in [3.8, 4) is 0 Å². The fourth-order valence-electron chi connectivity index (χ4n) is 3.71. The maximum atomic E-state index is 14.0. The number of anilines is 1. The first-order chi connectivity index (χ1) is 17.4. The quantitative estimate of drug-likeness (QED) is 0.172. The highest BCUT2D eigenvalue weighted by atomic mass is 32.1. The van der Waals surface area contributed by atoms with Gasteiger partial charge in [0, 0.05) is 36.5 Å². The number of likely N-dealkylation sites (tertiary alicyclic amines) is 1. The molecule has 2 amide bonds. The number of amides is 2. The summed E-state index contributed by atoms with van der Waals surface area (Å²) in [5, 5.41) is 14.4. The van der Waals surface area contributed by atoms with Gasteiger partial charge in [0.25, 0.3) is 18.2 Å². The van der Waals surface area contributed by atoms with E-state index in [2.05, 4.69) is 15.3 Å². The molecule has 0 aromatic carbocycles. The number of rotatable bonds is 10. The van der Waals surface area contributed by atoms with Gasteiger partial charge in [-0.3, -0.25) is 14.6 Å². The summed E-state index contributed by atoms with van der Waals surface area (Å²) in [6.07, 6.45) is -5.50. The zero-order chi connectivity index (χ0) is 29.0. The molecule has 1 aliphatic rings. The van der Waals surface area contributed by atoms with Crippen LogP contribution in [0.4, 0.5) is 27.8 Å². The number of carbonyl (C=O) groups excluding carboxylic acids is 2. The highest BCUT2D eigenvalue weighted by Crippen LogP contribution is 2.30. The van der Waals surface area contributed by atoms with E-state index in [1.165, 1.54) is 25.7 Å². The summed E-state index contributed by atoms with van der Waals surface area (Å²) in [5.41, 5.74) is -2.46. The number of nitrogens with zero attached hydrogens (tertiary/aromatic N) is 3. The van der Waals surface area contributed by atoms with Crippen molar-refractivity contribution in [2.75, 3.05) is 18.4 Å². The zero-order valence-corrected chi connectivity index (χ0v) is 22.5. The number of alkyl halides is 5. The Kier molecular flexibility index (Phi) is 10.3. The van der Waals surface area contributed by atoms with Crippen LogP contribution in [0.3, 0.4) is 0 Å². The molecule has 0 radical (unpaired) electrons. The van der Waals surface area contributed by atoms with Crippen molar-refractivity contribution >= 4 is 40.4 Å². The second-order valence-corrected chi connectivity index (χ2v) is 10.3. The van der Waals surface area contributed by atoms with Gasteiger partial charge >= 0.3 is 6.18 Å². The fraction of sp³-hybridized carbons (Fsp3) is 0.625. The van der Waals surface area contributed by atoms with E-state index in [1.54, 1.807) is 0 Å². The first kappa shape index (κ1) is 31.5. The van der Waals surface area contributed by atoms with E-state index < -0.39 is 53.5 Å². The van der Waals surface area contributed by atoms with Gasteiger partial charge in [0.15, 0.2) is 6.04 Å². The molecule has 3 N–H and O–H groups in total. The van der Waals surface area contributed by atoms with E-state index in [1.807, 2.05) is 12.2 Å². The van der Waals surface area contributed by atoms with Gasteiger partial charge < -0.3 is 20.6 Å². The molecule has 0 bridgehead atoms. The Balaban J connectivity index is 2.48. The molecule has 38 heavy (non-hydrogen) atoms. The SMILES string of the molecule is C/C(=N\C(C(=O)N1CCC[C@@H]1C)C(=S)c1cnc(N[C@@H](C)C(F)(F)F)cc1C(F)F)C(=O)NCC(C)(C)O. The minimum absolute atomic E-state index is 0.116. The van der Waals surface area contributed by atoms with Gasteiger partial charge in [0.2, 0.25) is 0 Å². The lowest BCUT2D eigenvalue weighted by Crippen LogP contribution is -2.45. The van der Waals surface area contributed by atoms with E-state index in [4.69, 9.17) is 12.2 Å². The smallest absolute Gasteiger partial charge is 0.389 e. The van der Waals surface area contributed by atoms with Crippen LogP contribution >= 0.6 is 12.2 Å². The van der Waals surface area contributed by atoms with Crippen molar-refractivity contribution in [3.63, 3.8) is 0 Å². The van der Waals surface area contributed by atoms with Crippen molar-refractivity contribution in [2.45, 2.75) is 83.8 Å². The third kappa shape index (κ3) is 8.38. The summed E-state index contributed by atoms with van der Waals surface area (Å²) in [5.74, 6) is -1.74. The van der Waals surface area contributed by atoms with Crippen molar-refractivity contribution in [2.24, 2.45) is 4.99 Å². The molecule has 2 heterocycles. The van der Waals surface area contributed by atoms with Crippen LogP contribution < -0.4 is 10.6 Å². The Bertz CT molecular complexity index is 1070. The van der Waals surface area contributed by atoms with Gasteiger partial charge in [-0.15, -0.1) is 0 Å². The zero-order valence-electron chi connectivity index (χ0n) is 21.7. The molecule has 0 spiro atoms. The molecular weight excluding hydrogens is 533 g/mol. The second-order valence-electron chi connectivity index (χ2n) is 9.86. The summed E-state index contributed by atoms with van der Waals surface area (Å²) >= 11 is 5.42. The summed E-state index contributed by atoms with van der Waals surface area (Å²) in [6, 6.07) is -3.01. The second kappa shape index (κ2) is 12.4. The maximum Gasteiger partial charge on any atom is 0.408 e. The van der Waals surface area contributed by atoms with Gasteiger partial charge in [0.1, 0.15) is 11.9 Å². The predicted molar refractivity (Wildman–Crippen MR) is 137 cm³/mol. The molecule has 1 aromatic heterocycles. The Hall–Kier alpha value is -2.74. The van der Waals surface area contributed by atoms with Crippen LogP contribution in [-0.2, 0) is 9.59 Å². The largest absolute Gasteiger partial charge is 0.408 e. The molecule has 1 aliphatic heterocycles. The van der Waals surface area contributed by atoms with Crippen molar-refractivity contribution < 1.29 is 36.6 Å². The first-order valence-corrected chi connectivity index (χ1v) is 12.3. The third-order valence-corrected chi connectivity index (χ3v) is 6.39. The highest BCUT2D eigenvalue weighted by molar-refractivity contribution is 7.81. The highest BCUT2D eigenvalue weighted by Gasteiger charge is 2.37. The van der Waals surface area contributed by atoms with Crippen molar-refractivity contribution in [3.05, 3.63) is 23.4 Å². The lowest BCUT2D eigenvalue weighted by Gasteiger charge is -2.26. The van der Waals surface area contributed by atoms with Crippen LogP contribution in [0.25, 0.3) is 0 Å². The molecule has 3 atom stereocenters. The number of nitrogens with one attached hydrogen (secondary N) is 2. The fourth-order valence-corrected chi connectivity index (χ4v) is 4.03. The number of carbonyl (C=O) groups is 2. The number of aliphatic imine (C=N–C) groups is 1. The monoisotopic (exact) mass is 565 g/mol. The van der Waals surface area contributed by atoms with Crippen LogP contribution in [0.5, 0.6) is 0 Å². The molecule has 1 fully saturated rings. The molecule has 212 valence electrons. The number of hydrogen-bond donors (Lipinski definition) is 3. The van der Waals surface area contributed by atoms with Gasteiger partial charge in [-0.2, -0.15) is 13.2 Å². The van der Waals surface area contributed by atoms with Gasteiger partial charge in [-0.1, -0.05) is 12.2 Å². The predicted octanol–water partition coefficient (Wildman–Crippen LogP) is 3.83. The van der Waals surface area contributed by atoms with E-state index >= 15 is 0 Å². The molecular formula is C24H32F5N5O3S. The summed E-state index contributed by atoms with van der Waals surface area (Å²) in [7, 11) is 0. The lowest BCUT2D eigenvalue weighted by molar-refractivity contribution is -0.138. The number of hydrogen-bond acceptors (Lipinski definition) is 7. The van der Waals surface area contributed by atoms with Gasteiger partial charge in [-0.05, 0) is 53.5 Å². The molecule has 1 saturated heterocycles. The topological polar surface area (TPSA) is 107 Å². The molecule has 1 aromatic rings. The van der Waals surface area contributed by atoms with E-state index in [0.29, 0.717) is 19.4 Å². The molecule has 8 nitrogen and oxygen atoms in total. The average molecular weight is 566 g/mol. The van der Waals surface area contributed by atoms with Crippen LogP contribution in [0.2, 0.25) is 0 Å². The van der Waals surface area contributed by atoms with E-state index in [9.17, 15) is 36.6 Å². The Morgan fingerprint density at radius 2 is 1.95 bits per heavy atom. The summed E-state index contributed by atoms with van der Waals surface area (Å²) in [4.78, 5) is 35.2. The normalized spacial score (nSPS) is 18.4. The van der Waals surface area contributed by atoms with Gasteiger partial charge in [0.05, 0.1) is 16.2 Å². The van der Waals surface area contributed by atoms with Gasteiger partial charge in [-0.25, -0.2) is 13.8 Å². The Labute approximate surface area is 223 Å². The third-order valence-electron chi connectivity index (χ3n) is 5.94. The maximum absolute atomic E-state index is 14.0. The molecule has 2 rings (SSSR count).